The summed E-state index contributed by atoms with van der Waals surface area (Å²) in [5.41, 5.74) is 8.82. The smallest absolute Gasteiger partial charge is 0.0237 e. The van der Waals surface area contributed by atoms with Crippen molar-refractivity contribution in [2.24, 2.45) is 5.73 Å². The Morgan fingerprint density at radius 1 is 0.850 bits per heavy atom. The molecule has 0 aromatic heterocycles. The predicted octanol–water partition coefficient (Wildman–Crippen LogP) is 3.43. The number of rotatable bonds is 7. The van der Waals surface area contributed by atoms with Crippen LogP contribution in [0.3, 0.4) is 0 Å². The summed E-state index contributed by atoms with van der Waals surface area (Å²) in [5, 5.41) is 0. The maximum Gasteiger partial charge on any atom is 0.0237 e. The molecule has 0 aliphatic carbocycles. The van der Waals surface area contributed by atoms with Crippen molar-refractivity contribution in [2.75, 3.05) is 6.54 Å². The van der Waals surface area contributed by atoms with Gasteiger partial charge in [-0.2, -0.15) is 0 Å². The lowest BCUT2D eigenvalue weighted by molar-refractivity contribution is 0.238. The van der Waals surface area contributed by atoms with Crippen LogP contribution in [0.1, 0.15) is 24.5 Å². The van der Waals surface area contributed by atoms with Crippen LogP contribution in [0.5, 0.6) is 0 Å². The normalized spacial score (nSPS) is 12.6. The Kier molecular flexibility index (Phi) is 5.78. The van der Waals surface area contributed by atoms with Crippen molar-refractivity contribution in [3.05, 3.63) is 71.8 Å². The first-order chi connectivity index (χ1) is 9.78. The highest BCUT2D eigenvalue weighted by Crippen LogP contribution is 2.10. The van der Waals surface area contributed by atoms with E-state index in [0.717, 1.165) is 26.1 Å². The molecule has 0 heterocycles. The van der Waals surface area contributed by atoms with Crippen molar-refractivity contribution in [3.63, 3.8) is 0 Å². The summed E-state index contributed by atoms with van der Waals surface area (Å²) in [6, 6.07) is 21.4. The van der Waals surface area contributed by atoms with Crippen LogP contribution in [-0.2, 0) is 13.1 Å². The van der Waals surface area contributed by atoms with E-state index in [9.17, 15) is 0 Å². The van der Waals surface area contributed by atoms with Crippen molar-refractivity contribution >= 4 is 0 Å². The highest BCUT2D eigenvalue weighted by molar-refractivity contribution is 5.17. The summed E-state index contributed by atoms with van der Waals surface area (Å²) < 4.78 is 0. The Morgan fingerprint density at radius 3 is 1.70 bits per heavy atom. The van der Waals surface area contributed by atoms with Gasteiger partial charge in [0, 0.05) is 25.7 Å². The van der Waals surface area contributed by atoms with Crippen LogP contribution in [0.2, 0.25) is 0 Å². The van der Waals surface area contributed by atoms with Crippen LogP contribution in [0.25, 0.3) is 0 Å². The maximum atomic E-state index is 6.14. The molecule has 0 saturated carbocycles. The van der Waals surface area contributed by atoms with E-state index in [2.05, 4.69) is 72.5 Å². The molecule has 2 aromatic carbocycles. The summed E-state index contributed by atoms with van der Waals surface area (Å²) in [7, 11) is 0. The zero-order valence-electron chi connectivity index (χ0n) is 12.2. The molecule has 0 aliphatic heterocycles. The minimum atomic E-state index is 0.238. The van der Waals surface area contributed by atoms with Crippen LogP contribution in [-0.4, -0.2) is 17.5 Å². The molecule has 106 valence electrons. The van der Waals surface area contributed by atoms with Gasteiger partial charge < -0.3 is 5.73 Å². The molecule has 0 radical (unpaired) electrons. The third-order valence-corrected chi connectivity index (χ3v) is 3.52. The lowest BCUT2D eigenvalue weighted by Crippen LogP contribution is -2.36. The molecule has 0 saturated heterocycles. The van der Waals surface area contributed by atoms with E-state index in [1.165, 1.54) is 11.1 Å². The predicted molar refractivity (Wildman–Crippen MR) is 85.3 cm³/mol. The molecule has 0 spiro atoms. The molecular weight excluding hydrogens is 244 g/mol. The van der Waals surface area contributed by atoms with Crippen molar-refractivity contribution in [2.45, 2.75) is 32.5 Å². The van der Waals surface area contributed by atoms with E-state index < -0.39 is 0 Å². The summed E-state index contributed by atoms with van der Waals surface area (Å²) >= 11 is 0. The Morgan fingerprint density at radius 2 is 1.30 bits per heavy atom. The second-order valence-electron chi connectivity index (χ2n) is 5.31. The molecule has 2 N–H and O–H groups in total. The number of hydrogen-bond acceptors (Lipinski definition) is 2. The van der Waals surface area contributed by atoms with Crippen LogP contribution in [0, 0.1) is 0 Å². The molecule has 0 amide bonds. The van der Waals surface area contributed by atoms with Gasteiger partial charge >= 0.3 is 0 Å². The second kappa shape index (κ2) is 7.83. The van der Waals surface area contributed by atoms with Gasteiger partial charge in [0.25, 0.3) is 0 Å². The standard InChI is InChI=1S/C18H24N2/c1-2-18(19)15-20(13-16-9-5-3-6-10-16)14-17-11-7-4-8-12-17/h3-12,18H,2,13-15,19H2,1H3/t18-/m0/s1. The SMILES string of the molecule is CC[C@H](N)CN(Cc1ccccc1)Cc1ccccc1. The minimum absolute atomic E-state index is 0.238. The van der Waals surface area contributed by atoms with Gasteiger partial charge in [0.05, 0.1) is 0 Å². The van der Waals surface area contributed by atoms with Gasteiger partial charge in [0.1, 0.15) is 0 Å². The molecule has 0 fully saturated rings. The third-order valence-electron chi connectivity index (χ3n) is 3.52. The van der Waals surface area contributed by atoms with E-state index in [1.54, 1.807) is 0 Å². The average molecular weight is 268 g/mol. The molecule has 2 rings (SSSR count). The molecule has 2 heteroatoms. The monoisotopic (exact) mass is 268 g/mol. The fourth-order valence-electron chi connectivity index (χ4n) is 2.33. The highest BCUT2D eigenvalue weighted by atomic mass is 15.1. The Hall–Kier alpha value is -1.64. The second-order valence-corrected chi connectivity index (χ2v) is 5.31. The largest absolute Gasteiger partial charge is 0.327 e. The van der Waals surface area contributed by atoms with Crippen LogP contribution < -0.4 is 5.73 Å². The summed E-state index contributed by atoms with van der Waals surface area (Å²) in [6.07, 6.45) is 1.01. The molecule has 0 aliphatic rings. The molecular formula is C18H24N2. The molecule has 0 unspecified atom stereocenters. The number of nitrogens with zero attached hydrogens (tertiary/aromatic N) is 1. The van der Waals surface area contributed by atoms with Gasteiger partial charge in [-0.1, -0.05) is 67.6 Å². The van der Waals surface area contributed by atoms with Gasteiger partial charge in [0.15, 0.2) is 0 Å². The molecule has 2 nitrogen and oxygen atoms in total. The Balaban J connectivity index is 2.04. The van der Waals surface area contributed by atoms with Gasteiger partial charge in [-0.05, 0) is 17.5 Å². The van der Waals surface area contributed by atoms with Gasteiger partial charge in [-0.15, -0.1) is 0 Å². The number of hydrogen-bond donors (Lipinski definition) is 1. The van der Waals surface area contributed by atoms with Crippen molar-refractivity contribution in [3.8, 4) is 0 Å². The summed E-state index contributed by atoms with van der Waals surface area (Å²) in [4.78, 5) is 2.43. The zero-order valence-corrected chi connectivity index (χ0v) is 12.2. The van der Waals surface area contributed by atoms with Gasteiger partial charge in [-0.3, -0.25) is 4.90 Å². The van der Waals surface area contributed by atoms with Crippen LogP contribution >= 0.6 is 0 Å². The van der Waals surface area contributed by atoms with Gasteiger partial charge in [-0.25, -0.2) is 0 Å². The first-order valence-corrected chi connectivity index (χ1v) is 7.33. The fourth-order valence-corrected chi connectivity index (χ4v) is 2.33. The van der Waals surface area contributed by atoms with Crippen molar-refractivity contribution < 1.29 is 0 Å². The van der Waals surface area contributed by atoms with Crippen LogP contribution in [0.15, 0.2) is 60.7 Å². The van der Waals surface area contributed by atoms with E-state index in [-0.39, 0.29) is 6.04 Å². The van der Waals surface area contributed by atoms with E-state index >= 15 is 0 Å². The molecule has 0 bridgehead atoms. The third kappa shape index (κ3) is 4.80. The Labute approximate surface area is 122 Å². The van der Waals surface area contributed by atoms with E-state index in [0.29, 0.717) is 0 Å². The first kappa shape index (κ1) is 14.8. The summed E-state index contributed by atoms with van der Waals surface area (Å²) in [6.45, 7) is 4.97. The van der Waals surface area contributed by atoms with Gasteiger partial charge in [0.2, 0.25) is 0 Å². The number of nitrogens with two attached hydrogens (primary N) is 1. The molecule has 2 aromatic rings. The lowest BCUT2D eigenvalue weighted by Gasteiger charge is -2.25. The Bertz CT molecular complexity index is 440. The maximum absolute atomic E-state index is 6.14. The minimum Gasteiger partial charge on any atom is -0.327 e. The topological polar surface area (TPSA) is 29.3 Å². The zero-order chi connectivity index (χ0) is 14.2. The first-order valence-electron chi connectivity index (χ1n) is 7.33. The average Bonchev–Trinajstić information content (AvgIpc) is 2.49. The van der Waals surface area contributed by atoms with Crippen molar-refractivity contribution in [1.82, 2.24) is 4.90 Å². The molecule has 20 heavy (non-hydrogen) atoms. The molecule has 1 atom stereocenters. The summed E-state index contributed by atoms with van der Waals surface area (Å²) in [5.74, 6) is 0. The van der Waals surface area contributed by atoms with Crippen LogP contribution in [0.4, 0.5) is 0 Å². The quantitative estimate of drug-likeness (QED) is 0.833. The highest BCUT2D eigenvalue weighted by Gasteiger charge is 2.10. The van der Waals surface area contributed by atoms with Crippen molar-refractivity contribution in [1.29, 1.82) is 0 Å². The fraction of sp³-hybridized carbons (Fsp3) is 0.333. The lowest BCUT2D eigenvalue weighted by atomic mass is 10.1. The van der Waals surface area contributed by atoms with E-state index in [1.807, 2.05) is 0 Å². The number of benzene rings is 2. The van der Waals surface area contributed by atoms with E-state index in [4.69, 9.17) is 5.73 Å².